The topological polar surface area (TPSA) is 55.2 Å². The second-order valence-electron chi connectivity index (χ2n) is 5.64. The first kappa shape index (κ1) is 14.8. The molecule has 0 aliphatic heterocycles. The third kappa shape index (κ3) is 3.95. The number of hydrogen-bond acceptors (Lipinski definition) is 3. The van der Waals surface area contributed by atoms with Gasteiger partial charge in [0, 0.05) is 23.4 Å². The fourth-order valence-electron chi connectivity index (χ4n) is 2.96. The van der Waals surface area contributed by atoms with Gasteiger partial charge in [-0.2, -0.15) is 0 Å². The molecule has 4 heteroatoms. The molecule has 1 saturated carbocycles. The van der Waals surface area contributed by atoms with E-state index in [9.17, 15) is 10.1 Å². The molecule has 110 valence electrons. The van der Waals surface area contributed by atoms with Crippen LogP contribution in [0.5, 0.6) is 0 Å². The molecule has 1 aromatic rings. The van der Waals surface area contributed by atoms with Crippen molar-refractivity contribution >= 4 is 11.4 Å². The van der Waals surface area contributed by atoms with Crippen LogP contribution >= 0.6 is 0 Å². The van der Waals surface area contributed by atoms with E-state index in [1.165, 1.54) is 44.9 Å². The number of nitro groups is 1. The second kappa shape index (κ2) is 7.27. The van der Waals surface area contributed by atoms with E-state index in [1.54, 1.807) is 6.07 Å². The summed E-state index contributed by atoms with van der Waals surface area (Å²) in [5, 5.41) is 14.6. The van der Waals surface area contributed by atoms with E-state index in [2.05, 4.69) is 5.32 Å². The minimum atomic E-state index is -0.276. The summed E-state index contributed by atoms with van der Waals surface area (Å²) in [5.41, 5.74) is 1.93. The van der Waals surface area contributed by atoms with E-state index in [1.807, 2.05) is 19.1 Å². The van der Waals surface area contributed by atoms with Gasteiger partial charge in [-0.1, -0.05) is 45.1 Å². The second-order valence-corrected chi connectivity index (χ2v) is 5.64. The molecule has 1 aliphatic rings. The standard InChI is InChI=1S/C16H24N2O2/c1-2-13-10-11-15(12-16(13)18(19)20)17-14-8-6-4-3-5-7-9-14/h10-12,14,17H,2-9H2,1H3. The zero-order chi connectivity index (χ0) is 14.4. The van der Waals surface area contributed by atoms with Crippen molar-refractivity contribution in [3.05, 3.63) is 33.9 Å². The van der Waals surface area contributed by atoms with E-state index < -0.39 is 0 Å². The molecule has 1 aliphatic carbocycles. The number of hydrogen-bond donors (Lipinski definition) is 1. The van der Waals surface area contributed by atoms with E-state index in [-0.39, 0.29) is 10.6 Å². The maximum Gasteiger partial charge on any atom is 0.274 e. The molecular formula is C16H24N2O2. The lowest BCUT2D eigenvalue weighted by Gasteiger charge is -2.22. The first-order valence-electron chi connectivity index (χ1n) is 7.74. The summed E-state index contributed by atoms with van der Waals surface area (Å²) in [6.07, 6.45) is 9.52. The molecule has 1 fully saturated rings. The van der Waals surface area contributed by atoms with E-state index >= 15 is 0 Å². The molecule has 0 radical (unpaired) electrons. The van der Waals surface area contributed by atoms with Crippen LogP contribution in [0.15, 0.2) is 18.2 Å². The van der Waals surface area contributed by atoms with Crippen molar-refractivity contribution in [1.29, 1.82) is 0 Å². The van der Waals surface area contributed by atoms with E-state index in [0.29, 0.717) is 12.5 Å². The van der Waals surface area contributed by atoms with Gasteiger partial charge < -0.3 is 5.32 Å². The SMILES string of the molecule is CCc1ccc(NC2CCCCCCC2)cc1[N+](=O)[O-]. The predicted molar refractivity (Wildman–Crippen MR) is 82.2 cm³/mol. The Balaban J connectivity index is 2.08. The van der Waals surface area contributed by atoms with Crippen molar-refractivity contribution < 1.29 is 4.92 Å². The number of benzene rings is 1. The number of nitrogens with zero attached hydrogens (tertiary/aromatic N) is 1. The van der Waals surface area contributed by atoms with Crippen LogP contribution < -0.4 is 5.32 Å². The summed E-state index contributed by atoms with van der Waals surface area (Å²) in [6, 6.07) is 6.01. The van der Waals surface area contributed by atoms with Crippen LogP contribution in [0.25, 0.3) is 0 Å². The summed E-state index contributed by atoms with van der Waals surface area (Å²) < 4.78 is 0. The fourth-order valence-corrected chi connectivity index (χ4v) is 2.96. The van der Waals surface area contributed by atoms with Crippen molar-refractivity contribution in [2.75, 3.05) is 5.32 Å². The van der Waals surface area contributed by atoms with Crippen LogP contribution in [-0.2, 0) is 6.42 Å². The smallest absolute Gasteiger partial charge is 0.274 e. The van der Waals surface area contributed by atoms with Crippen LogP contribution in [0, 0.1) is 10.1 Å². The Morgan fingerprint density at radius 3 is 2.45 bits per heavy atom. The van der Waals surface area contributed by atoms with Crippen molar-refractivity contribution in [2.45, 2.75) is 64.3 Å². The van der Waals surface area contributed by atoms with Gasteiger partial charge in [0.2, 0.25) is 0 Å². The molecule has 0 bridgehead atoms. The molecule has 1 aromatic carbocycles. The molecule has 20 heavy (non-hydrogen) atoms. The van der Waals surface area contributed by atoms with Gasteiger partial charge in [0.25, 0.3) is 5.69 Å². The normalized spacial score (nSPS) is 17.2. The Bertz CT molecular complexity index is 452. The highest BCUT2D eigenvalue weighted by molar-refractivity contribution is 5.55. The highest BCUT2D eigenvalue weighted by Gasteiger charge is 2.15. The molecule has 4 nitrogen and oxygen atoms in total. The van der Waals surface area contributed by atoms with E-state index in [0.717, 1.165) is 11.3 Å². The lowest BCUT2D eigenvalue weighted by atomic mass is 9.96. The fraction of sp³-hybridized carbons (Fsp3) is 0.625. The summed E-state index contributed by atoms with van der Waals surface area (Å²) in [5.74, 6) is 0. The van der Waals surface area contributed by atoms with E-state index in [4.69, 9.17) is 0 Å². The van der Waals surface area contributed by atoms with Crippen LogP contribution in [0.4, 0.5) is 11.4 Å². The largest absolute Gasteiger partial charge is 0.382 e. The zero-order valence-corrected chi connectivity index (χ0v) is 12.2. The molecular weight excluding hydrogens is 252 g/mol. The minimum Gasteiger partial charge on any atom is -0.382 e. The van der Waals surface area contributed by atoms with Gasteiger partial charge >= 0.3 is 0 Å². The summed E-state index contributed by atoms with van der Waals surface area (Å²) in [4.78, 5) is 10.8. The Kier molecular flexibility index (Phi) is 5.39. The highest BCUT2D eigenvalue weighted by Crippen LogP contribution is 2.26. The molecule has 1 N–H and O–H groups in total. The number of rotatable bonds is 4. The molecule has 0 unspecified atom stereocenters. The lowest BCUT2D eigenvalue weighted by molar-refractivity contribution is -0.385. The molecule has 0 saturated heterocycles. The first-order chi connectivity index (χ1) is 9.70. The van der Waals surface area contributed by atoms with Gasteiger partial charge in [-0.25, -0.2) is 0 Å². The Morgan fingerprint density at radius 1 is 1.20 bits per heavy atom. The zero-order valence-electron chi connectivity index (χ0n) is 12.2. The van der Waals surface area contributed by atoms with Crippen molar-refractivity contribution in [3.8, 4) is 0 Å². The quantitative estimate of drug-likeness (QED) is 0.641. The third-order valence-electron chi connectivity index (χ3n) is 4.14. The molecule has 0 amide bonds. The van der Waals surface area contributed by atoms with Gasteiger partial charge in [0.15, 0.2) is 0 Å². The summed E-state index contributed by atoms with van der Waals surface area (Å²) in [6.45, 7) is 1.95. The minimum absolute atomic E-state index is 0.239. The average molecular weight is 276 g/mol. The number of aryl methyl sites for hydroxylation is 1. The molecule has 0 heterocycles. The van der Waals surface area contributed by atoms with Gasteiger partial charge in [-0.3, -0.25) is 10.1 Å². The lowest BCUT2D eigenvalue weighted by Crippen LogP contribution is -2.20. The van der Waals surface area contributed by atoms with Crippen LogP contribution in [0.2, 0.25) is 0 Å². The van der Waals surface area contributed by atoms with Gasteiger partial charge in [-0.15, -0.1) is 0 Å². The van der Waals surface area contributed by atoms with Gasteiger partial charge in [0.1, 0.15) is 0 Å². The van der Waals surface area contributed by atoms with Crippen molar-refractivity contribution in [3.63, 3.8) is 0 Å². The molecule has 2 rings (SSSR count). The number of nitro benzene ring substituents is 1. The van der Waals surface area contributed by atoms with Crippen molar-refractivity contribution in [1.82, 2.24) is 0 Å². The molecule has 0 aromatic heterocycles. The summed E-state index contributed by atoms with van der Waals surface area (Å²) in [7, 11) is 0. The third-order valence-corrected chi connectivity index (χ3v) is 4.14. The van der Waals surface area contributed by atoms with Crippen LogP contribution in [-0.4, -0.2) is 11.0 Å². The van der Waals surface area contributed by atoms with Gasteiger partial charge in [0.05, 0.1) is 4.92 Å². The van der Waals surface area contributed by atoms with Crippen molar-refractivity contribution in [2.24, 2.45) is 0 Å². The highest BCUT2D eigenvalue weighted by atomic mass is 16.6. The number of nitrogens with one attached hydrogen (secondary N) is 1. The van der Waals surface area contributed by atoms with Crippen LogP contribution in [0.1, 0.15) is 57.4 Å². The maximum atomic E-state index is 11.1. The Morgan fingerprint density at radius 2 is 1.85 bits per heavy atom. The Hall–Kier alpha value is -1.58. The molecule has 0 spiro atoms. The predicted octanol–water partition coefficient (Wildman–Crippen LogP) is 4.68. The van der Waals surface area contributed by atoms with Gasteiger partial charge in [-0.05, 0) is 25.3 Å². The van der Waals surface area contributed by atoms with Crippen LogP contribution in [0.3, 0.4) is 0 Å². The number of anilines is 1. The monoisotopic (exact) mass is 276 g/mol. The maximum absolute atomic E-state index is 11.1. The Labute approximate surface area is 120 Å². The first-order valence-corrected chi connectivity index (χ1v) is 7.74. The summed E-state index contributed by atoms with van der Waals surface area (Å²) >= 11 is 0. The molecule has 0 atom stereocenters. The average Bonchev–Trinajstić information content (AvgIpc) is 2.41.